The minimum atomic E-state index is -0.0423. The molecule has 1 saturated heterocycles. The first kappa shape index (κ1) is 23.4. The highest BCUT2D eigenvalue weighted by atomic mass is 32.2. The molecule has 4 nitrogen and oxygen atoms in total. The lowest BCUT2D eigenvalue weighted by atomic mass is 9.79. The number of benzene rings is 3. The van der Waals surface area contributed by atoms with Gasteiger partial charge in [0.25, 0.3) is 5.91 Å². The van der Waals surface area contributed by atoms with Gasteiger partial charge in [-0.3, -0.25) is 9.69 Å². The maximum atomic E-state index is 13.7. The SMILES string of the molecule is Cc1cc2c(cc1/C=C1\SC(=Nc3ccccc3)N(c3ccccc3)C1=O)C(C)CC(C)(C)N2C. The number of carbonyl (C=O) groups is 1. The topological polar surface area (TPSA) is 35.9 Å². The molecule has 35 heavy (non-hydrogen) atoms. The molecule has 0 aromatic heterocycles. The van der Waals surface area contributed by atoms with Crippen molar-refractivity contribution in [1.82, 2.24) is 0 Å². The zero-order valence-electron chi connectivity index (χ0n) is 20.9. The Morgan fingerprint density at radius 3 is 2.37 bits per heavy atom. The Bertz CT molecular complexity index is 1330. The van der Waals surface area contributed by atoms with E-state index in [0.717, 1.165) is 23.4 Å². The van der Waals surface area contributed by atoms with Crippen molar-refractivity contribution >= 4 is 46.0 Å². The normalized spacial score (nSPS) is 21.6. The molecule has 2 aliphatic heterocycles. The minimum Gasteiger partial charge on any atom is -0.369 e. The van der Waals surface area contributed by atoms with E-state index in [-0.39, 0.29) is 11.4 Å². The highest BCUT2D eigenvalue weighted by molar-refractivity contribution is 8.19. The first-order valence-corrected chi connectivity index (χ1v) is 12.9. The van der Waals surface area contributed by atoms with E-state index in [1.54, 1.807) is 4.90 Å². The molecule has 1 unspecified atom stereocenters. The molecule has 0 N–H and O–H groups in total. The van der Waals surface area contributed by atoms with Crippen molar-refractivity contribution in [2.75, 3.05) is 16.8 Å². The average Bonchev–Trinajstić information content (AvgIpc) is 3.14. The molecular weight excluding hydrogens is 450 g/mol. The quantitative estimate of drug-likeness (QED) is 0.363. The molecule has 3 aromatic carbocycles. The predicted molar refractivity (Wildman–Crippen MR) is 150 cm³/mol. The highest BCUT2D eigenvalue weighted by Gasteiger charge is 2.36. The van der Waals surface area contributed by atoms with Crippen LogP contribution in [0.3, 0.4) is 0 Å². The highest BCUT2D eigenvalue weighted by Crippen LogP contribution is 2.44. The van der Waals surface area contributed by atoms with Gasteiger partial charge in [0.05, 0.1) is 16.3 Å². The zero-order chi connectivity index (χ0) is 24.7. The van der Waals surface area contributed by atoms with E-state index in [1.807, 2.05) is 66.7 Å². The van der Waals surface area contributed by atoms with Crippen LogP contribution in [0, 0.1) is 6.92 Å². The zero-order valence-corrected chi connectivity index (χ0v) is 21.8. The summed E-state index contributed by atoms with van der Waals surface area (Å²) in [7, 11) is 2.18. The van der Waals surface area contributed by atoms with E-state index in [0.29, 0.717) is 16.0 Å². The maximum Gasteiger partial charge on any atom is 0.271 e. The van der Waals surface area contributed by atoms with Crippen molar-refractivity contribution in [1.29, 1.82) is 0 Å². The van der Waals surface area contributed by atoms with Gasteiger partial charge in [-0.2, -0.15) is 0 Å². The van der Waals surface area contributed by atoms with Crippen molar-refractivity contribution in [2.45, 2.75) is 45.6 Å². The van der Waals surface area contributed by atoms with Crippen molar-refractivity contribution in [3.63, 3.8) is 0 Å². The Morgan fingerprint density at radius 2 is 1.69 bits per heavy atom. The number of aryl methyl sites for hydroxylation is 1. The Kier molecular flexibility index (Phi) is 6.06. The number of nitrogens with zero attached hydrogens (tertiary/aromatic N) is 3. The van der Waals surface area contributed by atoms with Gasteiger partial charge in [-0.15, -0.1) is 0 Å². The van der Waals surface area contributed by atoms with Gasteiger partial charge in [-0.05, 0) is 104 Å². The molecule has 1 atom stereocenters. The van der Waals surface area contributed by atoms with E-state index in [4.69, 9.17) is 4.99 Å². The molecule has 178 valence electrons. The molecule has 1 amide bonds. The summed E-state index contributed by atoms with van der Waals surface area (Å²) in [5.41, 5.74) is 6.66. The van der Waals surface area contributed by atoms with Crippen LogP contribution >= 0.6 is 11.8 Å². The second-order valence-corrected chi connectivity index (χ2v) is 11.1. The summed E-state index contributed by atoms with van der Waals surface area (Å²) in [6, 6.07) is 24.1. The molecule has 5 rings (SSSR count). The lowest BCUT2D eigenvalue weighted by Gasteiger charge is -2.45. The average molecular weight is 482 g/mol. The Hall–Kier alpha value is -3.31. The fourth-order valence-corrected chi connectivity index (χ4v) is 5.99. The molecule has 5 heteroatoms. The van der Waals surface area contributed by atoms with E-state index in [2.05, 4.69) is 51.8 Å². The van der Waals surface area contributed by atoms with Crippen molar-refractivity contribution in [3.05, 3.63) is 94.4 Å². The van der Waals surface area contributed by atoms with Crippen molar-refractivity contribution < 1.29 is 4.79 Å². The van der Waals surface area contributed by atoms with Crippen LogP contribution < -0.4 is 9.80 Å². The third-order valence-electron chi connectivity index (χ3n) is 7.11. The minimum absolute atomic E-state index is 0.0423. The van der Waals surface area contributed by atoms with Crippen LogP contribution in [0.15, 0.2) is 82.7 Å². The number of carbonyl (C=O) groups excluding carboxylic acids is 1. The van der Waals surface area contributed by atoms with Gasteiger partial charge < -0.3 is 4.90 Å². The van der Waals surface area contributed by atoms with E-state index >= 15 is 0 Å². The van der Waals surface area contributed by atoms with Gasteiger partial charge in [0.15, 0.2) is 5.17 Å². The molecule has 0 spiro atoms. The van der Waals surface area contributed by atoms with Gasteiger partial charge in [0, 0.05) is 18.3 Å². The monoisotopic (exact) mass is 481 g/mol. The van der Waals surface area contributed by atoms with Crippen molar-refractivity contribution in [3.8, 4) is 0 Å². The van der Waals surface area contributed by atoms with Crippen LogP contribution in [-0.4, -0.2) is 23.7 Å². The third kappa shape index (κ3) is 4.41. The number of amides is 1. The van der Waals surface area contributed by atoms with Gasteiger partial charge in [-0.1, -0.05) is 43.3 Å². The lowest BCUT2D eigenvalue weighted by Crippen LogP contribution is -2.45. The van der Waals surface area contributed by atoms with Crippen LogP contribution in [0.4, 0.5) is 17.1 Å². The summed E-state index contributed by atoms with van der Waals surface area (Å²) in [6.07, 6.45) is 3.14. The molecule has 0 aliphatic carbocycles. The second-order valence-electron chi connectivity index (χ2n) is 10.1. The fourth-order valence-electron chi connectivity index (χ4n) is 5.00. The number of fused-ring (bicyclic) bond motifs is 1. The summed E-state index contributed by atoms with van der Waals surface area (Å²) < 4.78 is 0. The van der Waals surface area contributed by atoms with Gasteiger partial charge >= 0.3 is 0 Å². The van der Waals surface area contributed by atoms with E-state index in [1.165, 1.54) is 28.6 Å². The van der Waals surface area contributed by atoms with Crippen LogP contribution in [0.1, 0.15) is 49.8 Å². The molecular formula is C30H31N3OS. The molecule has 0 bridgehead atoms. The number of anilines is 2. The van der Waals surface area contributed by atoms with E-state index in [9.17, 15) is 4.79 Å². The summed E-state index contributed by atoms with van der Waals surface area (Å²) in [4.78, 5) is 23.3. The Balaban J connectivity index is 1.57. The molecule has 2 aliphatic rings. The summed E-state index contributed by atoms with van der Waals surface area (Å²) >= 11 is 1.44. The molecule has 1 fully saturated rings. The summed E-state index contributed by atoms with van der Waals surface area (Å²) in [5, 5.41) is 0.670. The number of para-hydroxylation sites is 2. The summed E-state index contributed by atoms with van der Waals surface area (Å²) in [5.74, 6) is 0.413. The van der Waals surface area contributed by atoms with Crippen LogP contribution in [-0.2, 0) is 4.79 Å². The van der Waals surface area contributed by atoms with E-state index < -0.39 is 0 Å². The standard InChI is InChI=1S/C30H31N3OS/c1-20-16-26-25(21(2)19-30(3,4)32(26)5)17-22(20)18-27-28(34)33(24-14-10-7-11-15-24)29(35-27)31-23-12-8-6-9-13-23/h6-18,21H,19H2,1-5H3/b27-18-,31-29?. The number of rotatable bonds is 3. The number of thioether (sulfide) groups is 1. The molecule has 3 aromatic rings. The third-order valence-corrected chi connectivity index (χ3v) is 8.08. The number of aliphatic imine (C=N–C) groups is 1. The van der Waals surface area contributed by atoms with Crippen LogP contribution in [0.25, 0.3) is 6.08 Å². The molecule has 0 saturated carbocycles. The summed E-state index contributed by atoms with van der Waals surface area (Å²) in [6.45, 7) is 9.04. The molecule has 0 radical (unpaired) electrons. The number of hydrogen-bond acceptors (Lipinski definition) is 4. The largest absolute Gasteiger partial charge is 0.369 e. The van der Waals surface area contributed by atoms with Gasteiger partial charge in [0.2, 0.25) is 0 Å². The molecule has 2 heterocycles. The number of hydrogen-bond donors (Lipinski definition) is 0. The van der Waals surface area contributed by atoms with Crippen LogP contribution in [0.5, 0.6) is 0 Å². The smallest absolute Gasteiger partial charge is 0.271 e. The first-order chi connectivity index (χ1) is 16.7. The van der Waals surface area contributed by atoms with Crippen LogP contribution in [0.2, 0.25) is 0 Å². The predicted octanol–water partition coefficient (Wildman–Crippen LogP) is 7.53. The lowest BCUT2D eigenvalue weighted by molar-refractivity contribution is -0.113. The van der Waals surface area contributed by atoms with Gasteiger partial charge in [0.1, 0.15) is 0 Å². The first-order valence-electron chi connectivity index (χ1n) is 12.1. The van der Waals surface area contributed by atoms with Gasteiger partial charge in [-0.25, -0.2) is 4.99 Å². The Morgan fingerprint density at radius 1 is 1.03 bits per heavy atom. The number of amidine groups is 1. The maximum absolute atomic E-state index is 13.7. The second kappa shape index (κ2) is 9.04. The fraction of sp³-hybridized carbons (Fsp3) is 0.267. The van der Waals surface area contributed by atoms with Crippen molar-refractivity contribution in [2.24, 2.45) is 4.99 Å². The Labute approximate surface area is 212 Å².